The first kappa shape index (κ1) is 19.5. The van der Waals surface area contributed by atoms with Gasteiger partial charge in [-0.25, -0.2) is 4.79 Å². The molecule has 0 saturated heterocycles. The molecule has 0 aliphatic carbocycles. The second-order valence-electron chi connectivity index (χ2n) is 6.64. The molecule has 2 rings (SSSR count). The summed E-state index contributed by atoms with van der Waals surface area (Å²) in [7, 11) is 0. The predicted molar refractivity (Wildman–Crippen MR) is 101 cm³/mol. The molecule has 26 heavy (non-hydrogen) atoms. The highest BCUT2D eigenvalue weighted by Crippen LogP contribution is 2.21. The summed E-state index contributed by atoms with van der Waals surface area (Å²) in [4.78, 5) is 26.2. The molecule has 0 amide bonds. The SMILES string of the molecule is C/C(=N\OCC(=O)OOC(C)(C)C)c1ccccc1Nc1ccccc1. The van der Waals surface area contributed by atoms with Crippen molar-refractivity contribution in [2.45, 2.75) is 33.3 Å². The molecule has 2 aromatic carbocycles. The topological polar surface area (TPSA) is 69.2 Å². The molecular weight excluding hydrogens is 332 g/mol. The van der Waals surface area contributed by atoms with E-state index in [4.69, 9.17) is 9.73 Å². The molecule has 2 aromatic rings. The van der Waals surface area contributed by atoms with Gasteiger partial charge in [-0.15, -0.1) is 0 Å². The van der Waals surface area contributed by atoms with E-state index in [1.54, 1.807) is 20.8 Å². The molecule has 0 atom stereocenters. The number of nitrogens with one attached hydrogen (secondary N) is 1. The van der Waals surface area contributed by atoms with Crippen molar-refractivity contribution in [3.8, 4) is 0 Å². The molecule has 6 heteroatoms. The summed E-state index contributed by atoms with van der Waals surface area (Å²) < 4.78 is 0. The zero-order chi connectivity index (χ0) is 19.0. The van der Waals surface area contributed by atoms with Gasteiger partial charge >= 0.3 is 5.97 Å². The van der Waals surface area contributed by atoms with Gasteiger partial charge in [0.1, 0.15) is 5.60 Å². The Hall–Kier alpha value is -2.86. The van der Waals surface area contributed by atoms with E-state index in [1.165, 1.54) is 0 Å². The van der Waals surface area contributed by atoms with Crippen molar-refractivity contribution in [3.05, 3.63) is 60.2 Å². The number of oxime groups is 1. The molecule has 0 spiro atoms. The summed E-state index contributed by atoms with van der Waals surface area (Å²) in [6.07, 6.45) is 0. The average molecular weight is 356 g/mol. The first-order chi connectivity index (χ1) is 12.3. The molecule has 0 unspecified atom stereocenters. The molecule has 0 aliphatic rings. The van der Waals surface area contributed by atoms with Crippen molar-refractivity contribution in [1.29, 1.82) is 0 Å². The van der Waals surface area contributed by atoms with Gasteiger partial charge in [-0.2, -0.15) is 4.89 Å². The maximum atomic E-state index is 11.6. The molecule has 0 heterocycles. The lowest BCUT2D eigenvalue weighted by Crippen LogP contribution is -2.23. The van der Waals surface area contributed by atoms with E-state index in [0.717, 1.165) is 16.9 Å². The maximum Gasteiger partial charge on any atom is 0.382 e. The van der Waals surface area contributed by atoms with Gasteiger partial charge in [0.15, 0.2) is 0 Å². The van der Waals surface area contributed by atoms with E-state index in [1.807, 2.05) is 61.5 Å². The van der Waals surface area contributed by atoms with E-state index >= 15 is 0 Å². The van der Waals surface area contributed by atoms with Gasteiger partial charge in [0.25, 0.3) is 0 Å². The fourth-order valence-electron chi connectivity index (χ4n) is 2.01. The first-order valence-electron chi connectivity index (χ1n) is 8.32. The minimum atomic E-state index is -0.646. The molecule has 1 N–H and O–H groups in total. The highest BCUT2D eigenvalue weighted by molar-refractivity contribution is 6.03. The highest BCUT2D eigenvalue weighted by Gasteiger charge is 2.15. The van der Waals surface area contributed by atoms with Crippen LogP contribution in [0, 0.1) is 0 Å². The number of rotatable bonds is 7. The number of hydrogen-bond donors (Lipinski definition) is 1. The van der Waals surface area contributed by atoms with Gasteiger partial charge in [-0.1, -0.05) is 41.6 Å². The number of benzene rings is 2. The summed E-state index contributed by atoms with van der Waals surface area (Å²) in [5.41, 5.74) is 2.79. The normalized spacial score (nSPS) is 11.8. The Labute approximate surface area is 153 Å². The molecule has 6 nitrogen and oxygen atoms in total. The molecule has 0 fully saturated rings. The van der Waals surface area contributed by atoms with Crippen LogP contribution in [0.25, 0.3) is 0 Å². The van der Waals surface area contributed by atoms with Crippen LogP contribution in [0.3, 0.4) is 0 Å². The van der Waals surface area contributed by atoms with Gasteiger partial charge in [-0.3, -0.25) is 4.89 Å². The summed E-state index contributed by atoms with van der Waals surface area (Å²) in [5.74, 6) is -0.646. The lowest BCUT2D eigenvalue weighted by atomic mass is 10.1. The van der Waals surface area contributed by atoms with Crippen molar-refractivity contribution < 1.29 is 19.4 Å². The highest BCUT2D eigenvalue weighted by atomic mass is 17.2. The van der Waals surface area contributed by atoms with Crippen LogP contribution in [-0.4, -0.2) is 23.9 Å². The Morgan fingerprint density at radius 2 is 1.69 bits per heavy atom. The van der Waals surface area contributed by atoms with Gasteiger partial charge in [0, 0.05) is 16.9 Å². The maximum absolute atomic E-state index is 11.6. The number of nitrogens with zero attached hydrogens (tertiary/aromatic N) is 1. The molecule has 138 valence electrons. The summed E-state index contributed by atoms with van der Waals surface area (Å²) in [5, 5.41) is 7.34. The van der Waals surface area contributed by atoms with Crippen molar-refractivity contribution in [1.82, 2.24) is 0 Å². The standard InChI is InChI=1S/C20H24N2O4/c1-15(22-24-14-19(23)25-26-20(2,3)4)17-12-8-9-13-18(17)21-16-10-6-5-7-11-16/h5-13,21H,14H2,1-4H3/b22-15+. The molecular formula is C20H24N2O4. The van der Waals surface area contributed by atoms with Crippen LogP contribution < -0.4 is 5.32 Å². The van der Waals surface area contributed by atoms with E-state index in [9.17, 15) is 4.79 Å². The third-order valence-electron chi connectivity index (χ3n) is 3.14. The van der Waals surface area contributed by atoms with Crippen LogP contribution in [0.2, 0.25) is 0 Å². The van der Waals surface area contributed by atoms with Crippen LogP contribution in [0.4, 0.5) is 11.4 Å². The second kappa shape index (κ2) is 9.01. The van der Waals surface area contributed by atoms with Crippen LogP contribution >= 0.6 is 0 Å². The Bertz CT molecular complexity index is 752. The fourth-order valence-corrected chi connectivity index (χ4v) is 2.01. The van der Waals surface area contributed by atoms with Crippen molar-refractivity contribution in [2.24, 2.45) is 5.16 Å². The van der Waals surface area contributed by atoms with E-state index in [2.05, 4.69) is 15.4 Å². The summed E-state index contributed by atoms with van der Waals surface area (Å²) in [6, 6.07) is 17.6. The van der Waals surface area contributed by atoms with Gasteiger partial charge < -0.3 is 10.2 Å². The van der Waals surface area contributed by atoms with Crippen molar-refractivity contribution in [3.63, 3.8) is 0 Å². The van der Waals surface area contributed by atoms with Crippen molar-refractivity contribution in [2.75, 3.05) is 11.9 Å². The molecule has 0 saturated carbocycles. The third kappa shape index (κ3) is 6.57. The number of carbonyl (C=O) groups excluding carboxylic acids is 1. The van der Waals surface area contributed by atoms with E-state index in [0.29, 0.717) is 5.71 Å². The van der Waals surface area contributed by atoms with Gasteiger partial charge in [0.2, 0.25) is 6.61 Å². The number of anilines is 2. The van der Waals surface area contributed by atoms with Crippen molar-refractivity contribution >= 4 is 23.1 Å². The Kier molecular flexibility index (Phi) is 6.74. The number of hydrogen-bond acceptors (Lipinski definition) is 6. The Morgan fingerprint density at radius 1 is 1.04 bits per heavy atom. The quantitative estimate of drug-likeness (QED) is 0.451. The molecule has 0 aromatic heterocycles. The smallest absolute Gasteiger partial charge is 0.382 e. The van der Waals surface area contributed by atoms with Crippen LogP contribution in [0.1, 0.15) is 33.3 Å². The second-order valence-corrected chi connectivity index (χ2v) is 6.64. The van der Waals surface area contributed by atoms with Gasteiger partial charge in [0.05, 0.1) is 5.71 Å². The number of carbonyl (C=O) groups is 1. The monoisotopic (exact) mass is 356 g/mol. The third-order valence-corrected chi connectivity index (χ3v) is 3.14. The largest absolute Gasteiger partial charge is 0.383 e. The minimum absolute atomic E-state index is 0.332. The predicted octanol–water partition coefficient (Wildman–Crippen LogP) is 4.44. The summed E-state index contributed by atoms with van der Waals surface area (Å²) in [6.45, 7) is 6.81. The van der Waals surface area contributed by atoms with Crippen LogP contribution in [0.15, 0.2) is 59.8 Å². The molecule has 0 bridgehead atoms. The Morgan fingerprint density at radius 3 is 2.38 bits per heavy atom. The van der Waals surface area contributed by atoms with Crippen LogP contribution in [0.5, 0.6) is 0 Å². The van der Waals surface area contributed by atoms with Gasteiger partial charge in [-0.05, 0) is 45.9 Å². The number of para-hydroxylation sites is 2. The fraction of sp³-hybridized carbons (Fsp3) is 0.300. The van der Waals surface area contributed by atoms with E-state index in [-0.39, 0.29) is 6.61 Å². The first-order valence-corrected chi connectivity index (χ1v) is 8.32. The zero-order valence-corrected chi connectivity index (χ0v) is 15.5. The average Bonchev–Trinajstić information content (AvgIpc) is 2.60. The lowest BCUT2D eigenvalue weighted by molar-refractivity contribution is -0.322. The lowest BCUT2D eigenvalue weighted by Gasteiger charge is -2.16. The minimum Gasteiger partial charge on any atom is -0.383 e. The Balaban J connectivity index is 1.97. The molecule has 0 aliphatic heterocycles. The van der Waals surface area contributed by atoms with E-state index < -0.39 is 11.6 Å². The molecule has 0 radical (unpaired) electrons. The van der Waals surface area contributed by atoms with Crippen LogP contribution in [-0.2, 0) is 19.4 Å². The summed E-state index contributed by atoms with van der Waals surface area (Å²) >= 11 is 0. The zero-order valence-electron chi connectivity index (χ0n) is 15.5.